The molecule has 2 aliphatic rings. The molecule has 0 unspecified atom stereocenters. The van der Waals surface area contributed by atoms with Crippen LogP contribution in [-0.4, -0.2) is 45.5 Å². The number of carbonyl (C=O) groups is 1. The van der Waals surface area contributed by atoms with Gasteiger partial charge in [-0.05, 0) is 18.9 Å². The van der Waals surface area contributed by atoms with E-state index < -0.39 is 30.5 Å². The Bertz CT molecular complexity index is 732. The summed E-state index contributed by atoms with van der Waals surface area (Å²) in [5.41, 5.74) is 0.0790. The monoisotopic (exact) mass is 377 g/mol. The lowest BCUT2D eigenvalue weighted by atomic mass is 10.1. The number of fused-ring (bicyclic) bond motifs is 3. The quantitative estimate of drug-likeness (QED) is 0.386. The number of esters is 1. The van der Waals surface area contributed by atoms with Crippen LogP contribution in [0.4, 0.5) is 0 Å². The van der Waals surface area contributed by atoms with Crippen LogP contribution in [0, 0.1) is 5.41 Å². The first kappa shape index (κ1) is 19.6. The van der Waals surface area contributed by atoms with Crippen molar-refractivity contribution in [2.45, 2.75) is 70.0 Å². The molecule has 8 nitrogen and oxygen atoms in total. The number of hydrogen-bond acceptors (Lipinski definition) is 7. The van der Waals surface area contributed by atoms with Gasteiger partial charge in [-0.1, -0.05) is 38.7 Å². The average Bonchev–Trinajstić information content (AvgIpc) is 3.16. The summed E-state index contributed by atoms with van der Waals surface area (Å²) in [6, 6.07) is 1.77. The smallest absolute Gasteiger partial charge is 0.330 e. The number of carbonyl (C=O) groups excluding carboxylic acids is 1. The van der Waals surface area contributed by atoms with Gasteiger partial charge in [0, 0.05) is 12.3 Å². The van der Waals surface area contributed by atoms with E-state index in [4.69, 9.17) is 19.6 Å². The van der Waals surface area contributed by atoms with E-state index >= 15 is 0 Å². The Hall–Kier alpha value is -2.19. The van der Waals surface area contributed by atoms with Gasteiger partial charge in [0.15, 0.2) is 23.9 Å². The fourth-order valence-corrected chi connectivity index (χ4v) is 3.38. The van der Waals surface area contributed by atoms with Gasteiger partial charge in [-0.3, -0.25) is 9.98 Å². The summed E-state index contributed by atoms with van der Waals surface area (Å²) >= 11 is 0. The normalized spacial score (nSPS) is 26.0. The Morgan fingerprint density at radius 3 is 3.00 bits per heavy atom. The third-order valence-electron chi connectivity index (χ3n) is 4.79. The maximum absolute atomic E-state index is 12.2. The van der Waals surface area contributed by atoms with Gasteiger partial charge in [0.1, 0.15) is 6.10 Å². The summed E-state index contributed by atoms with van der Waals surface area (Å²) in [7, 11) is 0. The van der Waals surface area contributed by atoms with Crippen molar-refractivity contribution in [3.05, 3.63) is 29.9 Å². The Morgan fingerprint density at radius 2 is 2.22 bits per heavy atom. The second-order valence-corrected chi connectivity index (χ2v) is 6.84. The van der Waals surface area contributed by atoms with Crippen molar-refractivity contribution in [3.63, 3.8) is 0 Å². The van der Waals surface area contributed by atoms with Crippen molar-refractivity contribution in [3.8, 4) is 6.01 Å². The van der Waals surface area contributed by atoms with E-state index in [0.29, 0.717) is 0 Å². The number of hydrogen-bond donors (Lipinski definition) is 2. The first-order chi connectivity index (χ1) is 13.1. The summed E-state index contributed by atoms with van der Waals surface area (Å²) < 4.78 is 18.7. The van der Waals surface area contributed by atoms with Crippen LogP contribution in [0.25, 0.3) is 0 Å². The summed E-state index contributed by atoms with van der Waals surface area (Å²) in [4.78, 5) is 16.2. The summed E-state index contributed by atoms with van der Waals surface area (Å²) in [5.74, 6) is -0.477. The minimum absolute atomic E-state index is 0.0790. The van der Waals surface area contributed by atoms with E-state index in [1.807, 2.05) is 6.08 Å². The molecule has 0 amide bonds. The Kier molecular flexibility index (Phi) is 6.63. The van der Waals surface area contributed by atoms with E-state index in [0.717, 1.165) is 19.3 Å². The van der Waals surface area contributed by atoms with Crippen molar-refractivity contribution >= 4 is 5.97 Å². The molecule has 1 saturated heterocycles. The minimum Gasteiger partial charge on any atom is -0.452 e. The van der Waals surface area contributed by atoms with E-state index in [-0.39, 0.29) is 18.1 Å². The molecule has 8 heteroatoms. The van der Waals surface area contributed by atoms with Crippen LogP contribution in [0.1, 0.15) is 51.7 Å². The molecule has 3 heterocycles. The SMILES string of the molecule is CCCCCCC/C=C/C(=O)O[C@H]1[C@@H]2Oc3nc(=N)ccn3[C@@H]2O[C@@H]1CO. The van der Waals surface area contributed by atoms with Crippen LogP contribution in [0.2, 0.25) is 0 Å². The molecule has 2 aliphatic heterocycles. The van der Waals surface area contributed by atoms with Crippen molar-refractivity contribution in [2.75, 3.05) is 6.61 Å². The molecule has 0 bridgehead atoms. The van der Waals surface area contributed by atoms with Crippen LogP contribution in [-0.2, 0) is 14.3 Å². The zero-order chi connectivity index (χ0) is 19.2. The van der Waals surface area contributed by atoms with Crippen LogP contribution in [0.15, 0.2) is 24.4 Å². The Morgan fingerprint density at radius 1 is 1.41 bits per heavy atom. The number of unbranched alkanes of at least 4 members (excludes halogenated alkanes) is 5. The lowest BCUT2D eigenvalue weighted by Gasteiger charge is -2.19. The summed E-state index contributed by atoms with van der Waals surface area (Å²) in [6.07, 6.45) is 9.09. The highest BCUT2D eigenvalue weighted by atomic mass is 16.7. The molecule has 2 N–H and O–H groups in total. The highest BCUT2D eigenvalue weighted by Gasteiger charge is 2.53. The number of nitrogens with zero attached hydrogens (tertiary/aromatic N) is 2. The van der Waals surface area contributed by atoms with Crippen LogP contribution >= 0.6 is 0 Å². The number of ether oxygens (including phenoxy) is 3. The first-order valence-corrected chi connectivity index (χ1v) is 9.58. The predicted molar refractivity (Wildman–Crippen MR) is 95.9 cm³/mol. The molecule has 0 aromatic carbocycles. The molecular formula is C19H27N3O5. The summed E-state index contributed by atoms with van der Waals surface area (Å²) in [6.45, 7) is 1.90. The number of nitrogens with one attached hydrogen (secondary N) is 1. The van der Waals surface area contributed by atoms with Crippen molar-refractivity contribution in [1.82, 2.24) is 9.55 Å². The van der Waals surface area contributed by atoms with Gasteiger partial charge < -0.3 is 19.3 Å². The van der Waals surface area contributed by atoms with Crippen LogP contribution < -0.4 is 10.2 Å². The van der Waals surface area contributed by atoms with Gasteiger partial charge in [0.05, 0.1) is 6.61 Å². The molecule has 0 aliphatic carbocycles. The van der Waals surface area contributed by atoms with E-state index in [9.17, 15) is 9.90 Å². The van der Waals surface area contributed by atoms with Gasteiger partial charge in [-0.25, -0.2) is 4.79 Å². The highest BCUT2D eigenvalue weighted by molar-refractivity contribution is 5.82. The van der Waals surface area contributed by atoms with Gasteiger partial charge in [-0.2, -0.15) is 4.98 Å². The van der Waals surface area contributed by atoms with Gasteiger partial charge in [0.2, 0.25) is 0 Å². The largest absolute Gasteiger partial charge is 0.452 e. The van der Waals surface area contributed by atoms with Crippen LogP contribution in [0.3, 0.4) is 0 Å². The number of aromatic nitrogens is 2. The van der Waals surface area contributed by atoms with E-state index in [1.165, 1.54) is 31.4 Å². The molecule has 4 atom stereocenters. The lowest BCUT2D eigenvalue weighted by Crippen LogP contribution is -2.39. The van der Waals surface area contributed by atoms with Crippen molar-refractivity contribution in [1.29, 1.82) is 5.41 Å². The number of aliphatic hydroxyl groups excluding tert-OH is 1. The highest BCUT2D eigenvalue weighted by Crippen LogP contribution is 2.40. The standard InChI is InChI=1S/C19H27N3O5/c1-2-3-4-5-6-7-8-9-15(24)26-16-13(12-23)25-18-17(16)27-19-21-14(20)10-11-22(18)19/h8-11,13,16-18,20,23H,2-7,12H2,1H3/b9-8+,20-14?/t13-,16-,17+,18-/m1/s1. The average molecular weight is 377 g/mol. The second-order valence-electron chi connectivity index (χ2n) is 6.84. The molecule has 3 rings (SSSR count). The lowest BCUT2D eigenvalue weighted by molar-refractivity contribution is -0.150. The Labute approximate surface area is 158 Å². The molecule has 0 saturated carbocycles. The van der Waals surface area contributed by atoms with Gasteiger partial charge >= 0.3 is 12.0 Å². The zero-order valence-corrected chi connectivity index (χ0v) is 15.5. The second kappa shape index (κ2) is 9.14. The van der Waals surface area contributed by atoms with Crippen molar-refractivity contribution in [2.24, 2.45) is 0 Å². The third kappa shape index (κ3) is 4.56. The third-order valence-corrected chi connectivity index (χ3v) is 4.79. The molecule has 1 aromatic rings. The molecule has 0 spiro atoms. The fourth-order valence-electron chi connectivity index (χ4n) is 3.38. The number of rotatable bonds is 9. The predicted octanol–water partition coefficient (Wildman–Crippen LogP) is 1.84. The van der Waals surface area contributed by atoms with Gasteiger partial charge in [-0.15, -0.1) is 0 Å². The molecule has 1 aromatic heterocycles. The molecule has 0 radical (unpaired) electrons. The molecule has 1 fully saturated rings. The molecule has 148 valence electrons. The minimum atomic E-state index is -0.738. The first-order valence-electron chi connectivity index (χ1n) is 9.58. The topological polar surface area (TPSA) is 107 Å². The zero-order valence-electron chi connectivity index (χ0n) is 15.5. The van der Waals surface area contributed by atoms with E-state index in [2.05, 4.69) is 11.9 Å². The molecule has 27 heavy (non-hydrogen) atoms. The van der Waals surface area contributed by atoms with E-state index in [1.54, 1.807) is 10.8 Å². The number of aliphatic hydroxyl groups is 1. The van der Waals surface area contributed by atoms with Crippen LogP contribution in [0.5, 0.6) is 6.01 Å². The van der Waals surface area contributed by atoms with Gasteiger partial charge in [0.25, 0.3) is 0 Å². The fraction of sp³-hybridized carbons (Fsp3) is 0.632. The number of allylic oxidation sites excluding steroid dienone is 1. The van der Waals surface area contributed by atoms with Crippen molar-refractivity contribution < 1.29 is 24.1 Å². The maximum atomic E-state index is 12.2. The Balaban J connectivity index is 1.55. The molecular weight excluding hydrogens is 350 g/mol. The summed E-state index contributed by atoms with van der Waals surface area (Å²) in [5, 5.41) is 17.1. The maximum Gasteiger partial charge on any atom is 0.330 e.